The Morgan fingerprint density at radius 1 is 1.19 bits per heavy atom. The zero-order chi connectivity index (χ0) is 18.8. The van der Waals surface area contributed by atoms with Gasteiger partial charge in [0.15, 0.2) is 12.5 Å². The van der Waals surface area contributed by atoms with Gasteiger partial charge in [0.1, 0.15) is 18.1 Å². The van der Waals surface area contributed by atoms with Crippen LogP contribution in [0.3, 0.4) is 0 Å². The van der Waals surface area contributed by atoms with E-state index in [4.69, 9.17) is 17.0 Å². The zero-order valence-electron chi connectivity index (χ0n) is 15.1. The van der Waals surface area contributed by atoms with E-state index in [1.165, 1.54) is 29.9 Å². The van der Waals surface area contributed by atoms with Gasteiger partial charge in [0.2, 0.25) is 4.77 Å². The minimum absolute atomic E-state index is 0.202. The number of ether oxygens (including phenoxy) is 1. The molecule has 0 aliphatic heterocycles. The maximum absolute atomic E-state index is 13.2. The van der Waals surface area contributed by atoms with Gasteiger partial charge in [-0.2, -0.15) is 4.98 Å². The van der Waals surface area contributed by atoms with Gasteiger partial charge in [-0.1, -0.05) is 12.1 Å². The van der Waals surface area contributed by atoms with Crippen LogP contribution in [0.2, 0.25) is 0 Å². The molecule has 1 heterocycles. The fourth-order valence-corrected chi connectivity index (χ4v) is 3.43. The minimum Gasteiger partial charge on any atom is -0.497 e. The average Bonchev–Trinajstić information content (AvgIpc) is 3.47. The van der Waals surface area contributed by atoms with Crippen molar-refractivity contribution < 1.29 is 14.0 Å². The Morgan fingerprint density at radius 2 is 1.89 bits per heavy atom. The molecule has 27 heavy (non-hydrogen) atoms. The summed E-state index contributed by atoms with van der Waals surface area (Å²) in [5.41, 5.74) is 2.09. The van der Waals surface area contributed by atoms with Crippen molar-refractivity contribution in [1.29, 1.82) is 0 Å². The minimum atomic E-state index is -0.202. The number of hydrogen-bond donors (Lipinski definition) is 2. The van der Waals surface area contributed by atoms with Gasteiger partial charge in [-0.3, -0.25) is 5.10 Å². The summed E-state index contributed by atoms with van der Waals surface area (Å²) in [7, 11) is 1.65. The molecule has 1 aliphatic rings. The third-order valence-corrected chi connectivity index (χ3v) is 5.21. The molecule has 2 N–H and O–H groups in total. The molecule has 4 rings (SSSR count). The number of aromatic amines is 1. The first-order valence-corrected chi connectivity index (χ1v) is 9.43. The van der Waals surface area contributed by atoms with Crippen molar-refractivity contribution in [1.82, 2.24) is 14.8 Å². The Labute approximate surface area is 162 Å². The summed E-state index contributed by atoms with van der Waals surface area (Å²) < 4.78 is 20.8. The van der Waals surface area contributed by atoms with E-state index >= 15 is 0 Å². The largest absolute Gasteiger partial charge is 0.497 e. The average molecular weight is 385 g/mol. The summed E-state index contributed by atoms with van der Waals surface area (Å²) in [6, 6.07) is 15.1. The van der Waals surface area contributed by atoms with E-state index in [-0.39, 0.29) is 5.82 Å². The Balaban J connectivity index is 1.52. The normalized spacial score (nSPS) is 14.9. The van der Waals surface area contributed by atoms with Crippen molar-refractivity contribution in [2.75, 3.05) is 7.11 Å². The number of hydrogen-bond acceptors (Lipinski definition) is 3. The first-order valence-electron chi connectivity index (χ1n) is 9.02. The molecule has 1 atom stereocenters. The summed E-state index contributed by atoms with van der Waals surface area (Å²) in [5.74, 6) is 1.35. The number of methoxy groups -OCH3 is 1. The second-order valence-corrected chi connectivity index (χ2v) is 7.27. The Kier molecular flexibility index (Phi) is 5.05. The monoisotopic (exact) mass is 385 g/mol. The van der Waals surface area contributed by atoms with Gasteiger partial charge < -0.3 is 9.64 Å². The molecule has 1 fully saturated rings. The molecule has 5 nitrogen and oxygen atoms in total. The van der Waals surface area contributed by atoms with E-state index in [1.807, 2.05) is 41.1 Å². The van der Waals surface area contributed by atoms with Crippen LogP contribution in [0.25, 0.3) is 11.4 Å². The predicted molar refractivity (Wildman–Crippen MR) is 103 cm³/mol. The van der Waals surface area contributed by atoms with Gasteiger partial charge in [-0.25, -0.2) is 9.07 Å². The Hall–Kier alpha value is -2.51. The number of halogens is 1. The lowest BCUT2D eigenvalue weighted by molar-refractivity contribution is -0.947. The molecule has 140 valence electrons. The number of nitrogens with zero attached hydrogens (tertiary/aromatic N) is 2. The molecule has 1 aromatic heterocycles. The molecule has 0 saturated heterocycles. The zero-order valence-corrected chi connectivity index (χ0v) is 15.9. The highest BCUT2D eigenvalue weighted by molar-refractivity contribution is 7.71. The molecule has 0 spiro atoms. The highest BCUT2D eigenvalue weighted by Gasteiger charge is 2.33. The molecule has 1 unspecified atom stereocenters. The number of aromatic nitrogens is 3. The molecule has 2 aromatic carbocycles. The van der Waals surface area contributed by atoms with Crippen molar-refractivity contribution >= 4 is 12.2 Å². The maximum atomic E-state index is 13.2. The lowest BCUT2D eigenvalue weighted by Crippen LogP contribution is -3.11. The molecule has 1 aliphatic carbocycles. The van der Waals surface area contributed by atoms with Gasteiger partial charge >= 0.3 is 0 Å². The standard InChI is InChI=1S/C20H21FN4OS/c1-26-18-10-4-15(5-11-18)19-22-20(27)25(23-19)13-24(17-8-9-17)12-14-2-6-16(21)7-3-14/h2-7,10-11,17H,8-9,12-13H2,1H3,(H,22,23,27)/p+1. The topological polar surface area (TPSA) is 47.3 Å². The first-order chi connectivity index (χ1) is 13.1. The quantitative estimate of drug-likeness (QED) is 0.615. The van der Waals surface area contributed by atoms with Crippen LogP contribution in [-0.4, -0.2) is 27.9 Å². The van der Waals surface area contributed by atoms with E-state index < -0.39 is 0 Å². The third-order valence-electron chi connectivity index (χ3n) is 4.90. The van der Waals surface area contributed by atoms with Gasteiger partial charge in [0, 0.05) is 24.0 Å². The summed E-state index contributed by atoms with van der Waals surface area (Å²) in [6.07, 6.45) is 2.42. The molecule has 3 aromatic rings. The van der Waals surface area contributed by atoms with Gasteiger partial charge in [-0.15, -0.1) is 0 Å². The van der Waals surface area contributed by atoms with Gasteiger partial charge in [0.05, 0.1) is 13.2 Å². The van der Waals surface area contributed by atoms with Crippen LogP contribution in [-0.2, 0) is 13.2 Å². The van der Waals surface area contributed by atoms with Crippen LogP contribution < -0.4 is 9.64 Å². The van der Waals surface area contributed by atoms with Crippen LogP contribution >= 0.6 is 12.2 Å². The fourth-order valence-electron chi connectivity index (χ4n) is 3.23. The van der Waals surface area contributed by atoms with Crippen molar-refractivity contribution in [3.63, 3.8) is 0 Å². The highest BCUT2D eigenvalue weighted by Crippen LogP contribution is 2.19. The molecular formula is C20H22FN4OS+. The lowest BCUT2D eigenvalue weighted by Gasteiger charge is -2.19. The first kappa shape index (κ1) is 17.9. The third kappa shape index (κ3) is 4.26. The summed E-state index contributed by atoms with van der Waals surface area (Å²) in [4.78, 5) is 5.91. The van der Waals surface area contributed by atoms with E-state index in [0.717, 1.165) is 29.2 Å². The number of rotatable bonds is 7. The van der Waals surface area contributed by atoms with Crippen molar-refractivity contribution in [2.24, 2.45) is 0 Å². The van der Waals surface area contributed by atoms with E-state index in [9.17, 15) is 4.39 Å². The van der Waals surface area contributed by atoms with Crippen molar-refractivity contribution in [3.8, 4) is 17.1 Å². The Morgan fingerprint density at radius 3 is 2.52 bits per heavy atom. The molecule has 7 heteroatoms. The van der Waals surface area contributed by atoms with Crippen LogP contribution in [0, 0.1) is 10.6 Å². The van der Waals surface area contributed by atoms with Crippen molar-refractivity contribution in [3.05, 3.63) is 64.7 Å². The predicted octanol–water partition coefficient (Wildman–Crippen LogP) is 2.96. The second kappa shape index (κ2) is 7.62. The van der Waals surface area contributed by atoms with Crippen molar-refractivity contribution in [2.45, 2.75) is 32.1 Å². The molecule has 0 amide bonds. The summed E-state index contributed by atoms with van der Waals surface area (Å²) in [6.45, 7) is 1.55. The molecule has 1 saturated carbocycles. The van der Waals surface area contributed by atoms with Crippen LogP contribution in [0.1, 0.15) is 18.4 Å². The lowest BCUT2D eigenvalue weighted by atomic mass is 10.2. The van der Waals surface area contributed by atoms with Crippen LogP contribution in [0.15, 0.2) is 48.5 Å². The number of quaternary nitrogens is 1. The van der Waals surface area contributed by atoms with Crippen LogP contribution in [0.4, 0.5) is 4.39 Å². The van der Waals surface area contributed by atoms with E-state index in [2.05, 4.69) is 10.1 Å². The number of nitrogens with one attached hydrogen (secondary N) is 2. The molecule has 0 bridgehead atoms. The second-order valence-electron chi connectivity index (χ2n) is 6.91. The summed E-state index contributed by atoms with van der Waals surface area (Å²) in [5, 5.41) is 3.32. The highest BCUT2D eigenvalue weighted by atomic mass is 32.1. The SMILES string of the molecule is COc1ccc(-c2nc(=S)n(C[NH+](Cc3ccc(F)cc3)C3CC3)[nH]2)cc1. The number of benzene rings is 2. The number of H-pyrrole nitrogens is 1. The smallest absolute Gasteiger partial charge is 0.221 e. The molecule has 0 radical (unpaired) electrons. The molecular weight excluding hydrogens is 363 g/mol. The van der Waals surface area contributed by atoms with Gasteiger partial charge in [-0.05, 0) is 48.6 Å². The van der Waals surface area contributed by atoms with E-state index in [0.29, 0.717) is 17.5 Å². The Bertz CT molecular complexity index is 961. The van der Waals surface area contributed by atoms with Crippen LogP contribution in [0.5, 0.6) is 5.75 Å². The maximum Gasteiger partial charge on any atom is 0.221 e. The van der Waals surface area contributed by atoms with Gasteiger partial charge in [0.25, 0.3) is 0 Å². The van der Waals surface area contributed by atoms with E-state index in [1.54, 1.807) is 7.11 Å². The summed E-state index contributed by atoms with van der Waals surface area (Å²) >= 11 is 5.46. The fraction of sp³-hybridized carbons (Fsp3) is 0.300.